The summed E-state index contributed by atoms with van der Waals surface area (Å²) in [7, 11) is 0. The lowest BCUT2D eigenvalue weighted by Crippen LogP contribution is -2.12. The number of aromatic carboxylic acids is 1. The van der Waals surface area contributed by atoms with E-state index in [1.54, 1.807) is 29.6 Å². The van der Waals surface area contributed by atoms with Gasteiger partial charge in [0.25, 0.3) is 5.91 Å². The third-order valence-corrected chi connectivity index (χ3v) is 5.97. The number of anilines is 1. The molecule has 0 fully saturated rings. The van der Waals surface area contributed by atoms with Crippen LogP contribution in [0.15, 0.2) is 50.7 Å². The molecule has 1 amide bonds. The molecule has 4 rings (SSSR count). The highest BCUT2D eigenvalue weighted by atomic mass is 79.9. The van der Waals surface area contributed by atoms with Gasteiger partial charge in [-0.25, -0.2) is 9.78 Å². The lowest BCUT2D eigenvalue weighted by Gasteiger charge is -2.07. The van der Waals surface area contributed by atoms with Crippen molar-refractivity contribution in [3.63, 3.8) is 0 Å². The Balaban J connectivity index is 1.71. The highest BCUT2D eigenvalue weighted by Crippen LogP contribution is 2.38. The van der Waals surface area contributed by atoms with Crippen LogP contribution in [0.5, 0.6) is 0 Å². The minimum atomic E-state index is -4.66. The van der Waals surface area contributed by atoms with Crippen molar-refractivity contribution in [3.05, 3.63) is 68.8 Å². The summed E-state index contributed by atoms with van der Waals surface area (Å²) in [5.41, 5.74) is -0.333. The standard InChI is InChI=1S/C21H12BrF3N2O4S/c1-9-6-14(21(23,24)25)12-7-15(31-18(12)26-9)17(28)27-19-16(20(29)30)13(8-32-19)10-2-4-11(22)5-3-10/h2-8H,1H3,(H,27,28)(H,29,30). The molecule has 0 unspecified atom stereocenters. The number of nitrogens with zero attached hydrogens (tertiary/aromatic N) is 1. The number of hydrogen-bond acceptors (Lipinski definition) is 5. The number of thiophene rings is 1. The number of amides is 1. The van der Waals surface area contributed by atoms with Crippen molar-refractivity contribution in [1.82, 2.24) is 4.98 Å². The molecule has 0 bridgehead atoms. The number of aromatic nitrogens is 1. The summed E-state index contributed by atoms with van der Waals surface area (Å²) in [5.74, 6) is -2.57. The second kappa shape index (κ2) is 8.06. The van der Waals surface area contributed by atoms with Gasteiger partial charge in [-0.05, 0) is 36.8 Å². The van der Waals surface area contributed by atoms with Crippen LogP contribution in [0.2, 0.25) is 0 Å². The molecule has 0 saturated heterocycles. The number of rotatable bonds is 4. The summed E-state index contributed by atoms with van der Waals surface area (Å²) >= 11 is 4.29. The van der Waals surface area contributed by atoms with Crippen LogP contribution in [-0.4, -0.2) is 22.0 Å². The number of benzene rings is 1. The smallest absolute Gasteiger partial charge is 0.417 e. The minimum absolute atomic E-state index is 0.0288. The van der Waals surface area contributed by atoms with Gasteiger partial charge in [0, 0.05) is 21.1 Å². The second-order valence-electron chi connectivity index (χ2n) is 6.76. The summed E-state index contributed by atoms with van der Waals surface area (Å²) in [6.07, 6.45) is -4.66. The number of nitrogens with one attached hydrogen (secondary N) is 1. The van der Waals surface area contributed by atoms with E-state index in [-0.39, 0.29) is 27.4 Å². The fraction of sp³-hybridized carbons (Fsp3) is 0.0952. The van der Waals surface area contributed by atoms with Crippen LogP contribution in [0.4, 0.5) is 18.2 Å². The summed E-state index contributed by atoms with van der Waals surface area (Å²) in [4.78, 5) is 28.5. The maximum atomic E-state index is 13.3. The quantitative estimate of drug-likeness (QED) is 0.314. The summed E-state index contributed by atoms with van der Waals surface area (Å²) < 4.78 is 46.1. The number of carbonyl (C=O) groups excluding carboxylic acids is 1. The van der Waals surface area contributed by atoms with E-state index in [4.69, 9.17) is 4.42 Å². The number of carboxylic acids is 1. The fourth-order valence-electron chi connectivity index (χ4n) is 3.15. The first-order chi connectivity index (χ1) is 15.0. The van der Waals surface area contributed by atoms with E-state index in [0.717, 1.165) is 27.9 Å². The molecule has 0 aliphatic carbocycles. The van der Waals surface area contributed by atoms with Gasteiger partial charge < -0.3 is 14.8 Å². The van der Waals surface area contributed by atoms with Crippen molar-refractivity contribution in [2.75, 3.05) is 5.32 Å². The van der Waals surface area contributed by atoms with Gasteiger partial charge in [0.15, 0.2) is 5.76 Å². The third-order valence-electron chi connectivity index (χ3n) is 4.55. The Bertz CT molecular complexity index is 1360. The molecule has 0 atom stereocenters. The van der Waals surface area contributed by atoms with Crippen molar-refractivity contribution >= 4 is 55.2 Å². The van der Waals surface area contributed by atoms with Crippen molar-refractivity contribution < 1.29 is 32.3 Å². The highest BCUT2D eigenvalue weighted by Gasteiger charge is 2.35. The molecule has 164 valence electrons. The number of fused-ring (bicyclic) bond motifs is 1. The van der Waals surface area contributed by atoms with Crippen LogP contribution in [0, 0.1) is 6.92 Å². The minimum Gasteiger partial charge on any atom is -0.478 e. The first-order valence-electron chi connectivity index (χ1n) is 8.95. The molecule has 11 heteroatoms. The number of furan rings is 1. The van der Waals surface area contributed by atoms with Crippen LogP contribution in [-0.2, 0) is 6.18 Å². The number of alkyl halides is 3. The molecule has 3 heterocycles. The zero-order chi connectivity index (χ0) is 23.2. The van der Waals surface area contributed by atoms with Gasteiger partial charge in [-0.15, -0.1) is 11.3 Å². The number of carboxylic acid groups (broad SMARTS) is 1. The van der Waals surface area contributed by atoms with Crippen LogP contribution >= 0.6 is 27.3 Å². The summed E-state index contributed by atoms with van der Waals surface area (Å²) in [6.45, 7) is 1.38. The molecule has 1 aromatic carbocycles. The van der Waals surface area contributed by atoms with Gasteiger partial charge in [0.1, 0.15) is 10.6 Å². The van der Waals surface area contributed by atoms with Crippen molar-refractivity contribution in [2.45, 2.75) is 13.1 Å². The molecule has 0 aliphatic rings. The number of hydrogen-bond donors (Lipinski definition) is 2. The van der Waals surface area contributed by atoms with E-state index in [1.807, 2.05) is 0 Å². The molecule has 0 radical (unpaired) electrons. The Hall–Kier alpha value is -3.18. The average Bonchev–Trinajstić information content (AvgIpc) is 3.31. The monoisotopic (exact) mass is 524 g/mol. The van der Waals surface area contributed by atoms with Gasteiger partial charge in [0.05, 0.1) is 10.9 Å². The predicted molar refractivity (Wildman–Crippen MR) is 116 cm³/mol. The Labute approximate surface area is 190 Å². The van der Waals surface area contributed by atoms with Crippen LogP contribution < -0.4 is 5.32 Å². The number of carbonyl (C=O) groups is 2. The van der Waals surface area contributed by atoms with Gasteiger partial charge in [-0.1, -0.05) is 28.1 Å². The molecule has 3 aromatic heterocycles. The lowest BCUT2D eigenvalue weighted by atomic mass is 10.0. The van der Waals surface area contributed by atoms with Gasteiger partial charge in [-0.2, -0.15) is 13.2 Å². The summed E-state index contributed by atoms with van der Waals surface area (Å²) in [5, 5.41) is 13.4. The Morgan fingerprint density at radius 1 is 1.19 bits per heavy atom. The van der Waals surface area contributed by atoms with Gasteiger partial charge in [-0.3, -0.25) is 4.79 Å². The van der Waals surface area contributed by atoms with E-state index in [0.29, 0.717) is 11.1 Å². The van der Waals surface area contributed by atoms with Crippen LogP contribution in [0.1, 0.15) is 32.2 Å². The predicted octanol–water partition coefficient (Wildman–Crippen LogP) is 6.60. The second-order valence-corrected chi connectivity index (χ2v) is 8.55. The van der Waals surface area contributed by atoms with Crippen LogP contribution in [0.3, 0.4) is 0 Å². The van der Waals surface area contributed by atoms with Crippen LogP contribution in [0.25, 0.3) is 22.2 Å². The largest absolute Gasteiger partial charge is 0.478 e. The van der Waals surface area contributed by atoms with E-state index in [9.17, 15) is 27.9 Å². The molecule has 0 spiro atoms. The average molecular weight is 525 g/mol. The maximum absolute atomic E-state index is 13.3. The molecule has 0 aliphatic heterocycles. The molecule has 6 nitrogen and oxygen atoms in total. The zero-order valence-corrected chi connectivity index (χ0v) is 18.5. The molecule has 2 N–H and O–H groups in total. The first-order valence-corrected chi connectivity index (χ1v) is 10.6. The molecule has 0 saturated carbocycles. The zero-order valence-electron chi connectivity index (χ0n) is 16.1. The van der Waals surface area contributed by atoms with Gasteiger partial charge >= 0.3 is 12.1 Å². The number of aryl methyl sites for hydroxylation is 1. The molecule has 4 aromatic rings. The molecular weight excluding hydrogens is 513 g/mol. The van der Waals surface area contributed by atoms with Crippen molar-refractivity contribution in [3.8, 4) is 11.1 Å². The van der Waals surface area contributed by atoms with E-state index in [1.165, 1.54) is 6.92 Å². The van der Waals surface area contributed by atoms with E-state index >= 15 is 0 Å². The maximum Gasteiger partial charge on any atom is 0.417 e. The molecular formula is C21H12BrF3N2O4S. The highest BCUT2D eigenvalue weighted by molar-refractivity contribution is 9.10. The fourth-order valence-corrected chi connectivity index (χ4v) is 4.37. The Kier molecular flexibility index (Phi) is 5.55. The Morgan fingerprint density at radius 2 is 1.88 bits per heavy atom. The van der Waals surface area contributed by atoms with Crippen molar-refractivity contribution in [2.24, 2.45) is 0 Å². The lowest BCUT2D eigenvalue weighted by molar-refractivity contribution is -0.136. The Morgan fingerprint density at radius 3 is 2.50 bits per heavy atom. The van der Waals surface area contributed by atoms with E-state index in [2.05, 4.69) is 26.2 Å². The third kappa shape index (κ3) is 4.13. The van der Waals surface area contributed by atoms with Gasteiger partial charge in [0.2, 0.25) is 5.71 Å². The summed E-state index contributed by atoms with van der Waals surface area (Å²) in [6, 6.07) is 8.75. The number of halogens is 4. The van der Waals surface area contributed by atoms with E-state index < -0.39 is 29.4 Å². The SMILES string of the molecule is Cc1cc(C(F)(F)F)c2cc(C(=O)Nc3scc(-c4ccc(Br)cc4)c3C(=O)O)oc2n1. The topological polar surface area (TPSA) is 92.4 Å². The normalized spacial score (nSPS) is 11.7. The first kappa shape index (κ1) is 22.0. The van der Waals surface area contributed by atoms with Crippen molar-refractivity contribution in [1.29, 1.82) is 0 Å². The molecule has 32 heavy (non-hydrogen) atoms. The number of pyridine rings is 1.